The topological polar surface area (TPSA) is 338 Å². The van der Waals surface area contributed by atoms with E-state index in [2.05, 4.69) is 27.8 Å². The molecule has 0 radical (unpaired) electrons. The van der Waals surface area contributed by atoms with Crippen molar-refractivity contribution >= 4 is 23.9 Å². The fourth-order valence-electron chi connectivity index (χ4n) is 9.77. The smallest absolute Gasteiger partial charge is 0.331 e. The van der Waals surface area contributed by atoms with E-state index < -0.39 is 133 Å². The fraction of sp³-hybridized carbons (Fsp3) is 0.754. The first-order valence-electron chi connectivity index (χ1n) is 27.6. The van der Waals surface area contributed by atoms with Crippen LogP contribution in [0.5, 0.6) is 0 Å². The van der Waals surface area contributed by atoms with Crippen LogP contribution in [-0.2, 0) is 28.6 Å². The number of carbonyl (C=O) groups excluding carboxylic acids is 2. The Labute approximate surface area is 456 Å². The molecule has 20 nitrogen and oxygen atoms in total. The Balaban J connectivity index is 2.44. The number of aliphatic imine (C=N–C) groups is 1. The molecule has 2 aliphatic heterocycles. The zero-order valence-corrected chi connectivity index (χ0v) is 47.0. The van der Waals surface area contributed by atoms with Crippen molar-refractivity contribution in [3.05, 3.63) is 60.3 Å². The summed E-state index contributed by atoms with van der Waals surface area (Å²) in [6.07, 6.45) is 2.60. The maximum atomic E-state index is 13.3. The lowest BCUT2D eigenvalue weighted by molar-refractivity contribution is -0.333. The number of guanidine groups is 1. The van der Waals surface area contributed by atoms with Gasteiger partial charge in [-0.3, -0.25) is 14.6 Å². The molecule has 0 spiro atoms. The number of hydrogen-bond acceptors (Lipinski definition) is 17. The number of aliphatic hydroxyl groups is 10. The van der Waals surface area contributed by atoms with Crippen LogP contribution < -0.4 is 10.6 Å². The van der Waals surface area contributed by atoms with Crippen LogP contribution in [0.25, 0.3) is 0 Å². The molecule has 2 aliphatic rings. The number of ether oxygens (including phenoxy) is 3. The first-order chi connectivity index (χ1) is 36.2. The number of cyclic esters (lactones) is 1. The summed E-state index contributed by atoms with van der Waals surface area (Å²) in [6.45, 7) is 13.0. The predicted molar refractivity (Wildman–Crippen MR) is 292 cm³/mol. The number of aliphatic hydroxyl groups excluding tert-OH is 9. The Morgan fingerprint density at radius 1 is 0.805 bits per heavy atom. The normalized spacial score (nSPS) is 36.2. The first kappa shape index (κ1) is 69.0. The van der Waals surface area contributed by atoms with Crippen molar-refractivity contribution in [1.29, 1.82) is 0 Å². The molecule has 19 unspecified atom stereocenters. The second-order valence-corrected chi connectivity index (χ2v) is 21.8. The summed E-state index contributed by atoms with van der Waals surface area (Å²) in [7, 11) is 3.52. The number of nitrogens with zero attached hydrogens (tertiary/aromatic N) is 1. The molecule has 2 heterocycles. The standard InChI is InChI=1S/C57H97N3O17/c1-34-19-15-16-23-51(70)76-54(37(4)20-14-12-10-11-13-17-26-60-56(58-8)59-9)38(5)22-18-21-36(3)53(72)40(7)46(64)29-42(75-52(71)32-50(68)69)27-41(61)28-43-30-48(66)55(73)57(74,77-43)33-49(67)35(2)24-25-44(62)39(6)47(65)31-45(34)63/h10-11,15-16,18-19,21-23,34-35,37-49,53-55,61-67,72-74H,12-14,17,20,24-33H2,1-9H3,(H,68,69)(H2,58,59,60). The van der Waals surface area contributed by atoms with Gasteiger partial charge in [-0.05, 0) is 75.7 Å². The van der Waals surface area contributed by atoms with Gasteiger partial charge < -0.3 is 81.0 Å². The highest BCUT2D eigenvalue weighted by Gasteiger charge is 2.50. The molecule has 1 saturated heterocycles. The van der Waals surface area contributed by atoms with Crippen molar-refractivity contribution in [1.82, 2.24) is 10.6 Å². The van der Waals surface area contributed by atoms with Crippen LogP contribution in [-0.4, -0.2) is 180 Å². The average Bonchev–Trinajstić information content (AvgIpc) is 3.36. The van der Waals surface area contributed by atoms with Crippen molar-refractivity contribution in [3.63, 3.8) is 0 Å². The third-order valence-electron chi connectivity index (χ3n) is 15.2. The molecule has 0 aliphatic carbocycles. The van der Waals surface area contributed by atoms with Gasteiger partial charge in [-0.15, -0.1) is 0 Å². The van der Waals surface area contributed by atoms with E-state index in [-0.39, 0.29) is 56.8 Å². The molecular weight excluding hydrogens is 999 g/mol. The van der Waals surface area contributed by atoms with Crippen LogP contribution in [0.15, 0.2) is 65.2 Å². The fourth-order valence-corrected chi connectivity index (χ4v) is 9.77. The van der Waals surface area contributed by atoms with Gasteiger partial charge in [0.15, 0.2) is 11.7 Å². The summed E-state index contributed by atoms with van der Waals surface area (Å²) in [4.78, 5) is 41.4. The van der Waals surface area contributed by atoms with Crippen molar-refractivity contribution in [2.75, 3.05) is 20.6 Å². The van der Waals surface area contributed by atoms with Gasteiger partial charge in [-0.2, -0.15) is 0 Å². The molecule has 1 fully saturated rings. The second kappa shape index (κ2) is 35.5. The largest absolute Gasteiger partial charge is 0.481 e. The van der Waals surface area contributed by atoms with E-state index in [0.717, 1.165) is 44.6 Å². The quantitative estimate of drug-likeness (QED) is 0.0332. The van der Waals surface area contributed by atoms with E-state index in [9.17, 15) is 70.6 Å². The number of rotatable bonds is 12. The molecular formula is C57H97N3O17. The Bertz CT molecular complexity index is 1930. The third-order valence-corrected chi connectivity index (χ3v) is 15.2. The molecule has 442 valence electrons. The summed E-state index contributed by atoms with van der Waals surface area (Å²) < 4.78 is 17.4. The number of unbranched alkanes of at least 4 members (excludes halogenated alkanes) is 2. The number of aliphatic carboxylic acids is 1. The van der Waals surface area contributed by atoms with Gasteiger partial charge in [0.25, 0.3) is 0 Å². The lowest BCUT2D eigenvalue weighted by atomic mass is 9.83. The van der Waals surface area contributed by atoms with E-state index >= 15 is 0 Å². The molecule has 2 bridgehead atoms. The lowest BCUT2D eigenvalue weighted by Crippen LogP contribution is -2.59. The highest BCUT2D eigenvalue weighted by atomic mass is 16.7. The van der Waals surface area contributed by atoms with Crippen LogP contribution in [0, 0.1) is 35.5 Å². The highest BCUT2D eigenvalue weighted by molar-refractivity contribution is 5.90. The van der Waals surface area contributed by atoms with Gasteiger partial charge in [-0.1, -0.05) is 90.2 Å². The van der Waals surface area contributed by atoms with Crippen molar-refractivity contribution < 1.29 is 84.8 Å². The molecule has 20 heteroatoms. The third kappa shape index (κ3) is 25.3. The van der Waals surface area contributed by atoms with Gasteiger partial charge >= 0.3 is 17.9 Å². The number of carboxylic acids is 1. The summed E-state index contributed by atoms with van der Waals surface area (Å²) in [6, 6.07) is 0. The summed E-state index contributed by atoms with van der Waals surface area (Å²) in [5.74, 6) is -7.90. The zero-order valence-electron chi connectivity index (χ0n) is 47.0. The SMILES string of the molecule is CN=C(NC)NCCCC=CCCCC(C)C1OC(=O)C=CC=CC(C)C(O)CC(O)C(C)C(O)CCC(C)C(O)CC2(O)OC(CC(O)CC(OC(=O)CC(=O)O)CC(O)C(C)C(O)C(C)=CC=CC1C)CC(O)C2O. The van der Waals surface area contributed by atoms with Crippen LogP contribution in [0.3, 0.4) is 0 Å². The number of fused-ring (bicyclic) bond motifs is 2. The molecule has 0 aromatic heterocycles. The van der Waals surface area contributed by atoms with Crippen LogP contribution in [0.4, 0.5) is 0 Å². The van der Waals surface area contributed by atoms with Crippen molar-refractivity contribution in [3.8, 4) is 0 Å². The van der Waals surface area contributed by atoms with Gasteiger partial charge in [0.1, 0.15) is 24.7 Å². The number of carboxylic acid groups (broad SMARTS) is 1. The summed E-state index contributed by atoms with van der Waals surface area (Å²) >= 11 is 0. The summed E-state index contributed by atoms with van der Waals surface area (Å²) in [5.41, 5.74) is 0.458. The van der Waals surface area contributed by atoms with Gasteiger partial charge in [0.05, 0.1) is 54.9 Å². The lowest BCUT2D eigenvalue weighted by Gasteiger charge is -2.45. The van der Waals surface area contributed by atoms with E-state index in [4.69, 9.17) is 14.2 Å². The Morgan fingerprint density at radius 3 is 2.10 bits per heavy atom. The Kier molecular flexibility index (Phi) is 31.9. The molecule has 0 amide bonds. The predicted octanol–water partition coefficient (Wildman–Crippen LogP) is 3.49. The van der Waals surface area contributed by atoms with Crippen molar-refractivity contribution in [2.45, 2.75) is 217 Å². The molecule has 13 N–H and O–H groups in total. The van der Waals surface area contributed by atoms with E-state index in [0.29, 0.717) is 5.57 Å². The number of nitrogens with one attached hydrogen (secondary N) is 2. The minimum atomic E-state index is -2.48. The molecule has 2 rings (SSSR count). The first-order valence-corrected chi connectivity index (χ1v) is 27.6. The van der Waals surface area contributed by atoms with Gasteiger partial charge in [0.2, 0.25) is 0 Å². The molecule has 19 atom stereocenters. The Morgan fingerprint density at radius 2 is 1.45 bits per heavy atom. The second-order valence-electron chi connectivity index (χ2n) is 21.8. The van der Waals surface area contributed by atoms with E-state index in [1.165, 1.54) is 12.2 Å². The Hall–Kier alpha value is -4.06. The maximum Gasteiger partial charge on any atom is 0.331 e. The minimum Gasteiger partial charge on any atom is -0.481 e. The maximum absolute atomic E-state index is 13.3. The number of carbonyl (C=O) groups is 3. The number of hydrogen-bond donors (Lipinski definition) is 13. The monoisotopic (exact) mass is 1100 g/mol. The molecule has 0 aromatic carbocycles. The van der Waals surface area contributed by atoms with Crippen LogP contribution in [0.2, 0.25) is 0 Å². The van der Waals surface area contributed by atoms with Crippen molar-refractivity contribution in [2.24, 2.45) is 40.5 Å². The molecule has 77 heavy (non-hydrogen) atoms. The molecule has 0 aromatic rings. The van der Waals surface area contributed by atoms with Gasteiger partial charge in [0, 0.05) is 82.5 Å². The summed E-state index contributed by atoms with van der Waals surface area (Å²) in [5, 5.41) is 127. The highest BCUT2D eigenvalue weighted by Crippen LogP contribution is 2.36. The van der Waals surface area contributed by atoms with Gasteiger partial charge in [-0.25, -0.2) is 4.79 Å². The average molecular weight is 1100 g/mol. The zero-order chi connectivity index (χ0) is 58.0. The minimum absolute atomic E-state index is 0.0654. The van der Waals surface area contributed by atoms with Crippen LogP contribution in [0.1, 0.15) is 138 Å². The number of esters is 2. The van der Waals surface area contributed by atoms with E-state index in [1.54, 1.807) is 66.0 Å². The molecule has 0 saturated carbocycles. The van der Waals surface area contributed by atoms with E-state index in [1.807, 2.05) is 27.0 Å². The number of allylic oxidation sites excluding steroid dienone is 6. The van der Waals surface area contributed by atoms with Crippen LogP contribution >= 0.6 is 0 Å².